The van der Waals surface area contributed by atoms with Crippen LogP contribution in [0.2, 0.25) is 0 Å². The zero-order chi connectivity index (χ0) is 15.4. The van der Waals surface area contributed by atoms with Crippen LogP contribution in [-0.4, -0.2) is 24.7 Å². The lowest BCUT2D eigenvalue weighted by Gasteiger charge is -2.37. The van der Waals surface area contributed by atoms with Gasteiger partial charge in [-0.15, -0.1) is 0 Å². The van der Waals surface area contributed by atoms with Gasteiger partial charge >= 0.3 is 6.18 Å². The van der Waals surface area contributed by atoms with Crippen molar-refractivity contribution >= 4 is 5.91 Å². The number of halogens is 3. The standard InChI is InChI=1S/C14H25F3N2O/c1-3-13(4-2,9-18)12(20)19-11-8-6-5-7-10(11)14(15,16)17/h10-11H,3-9,18H2,1-2H3,(H,19,20). The van der Waals surface area contributed by atoms with Crippen molar-refractivity contribution in [2.24, 2.45) is 17.1 Å². The van der Waals surface area contributed by atoms with Crippen molar-refractivity contribution in [3.63, 3.8) is 0 Å². The lowest BCUT2D eigenvalue weighted by Crippen LogP contribution is -2.53. The Bertz CT molecular complexity index is 319. The molecular formula is C14H25F3N2O. The lowest BCUT2D eigenvalue weighted by molar-refractivity contribution is -0.189. The molecule has 1 aliphatic carbocycles. The Morgan fingerprint density at radius 3 is 2.20 bits per heavy atom. The molecule has 118 valence electrons. The zero-order valence-electron chi connectivity index (χ0n) is 12.2. The summed E-state index contributed by atoms with van der Waals surface area (Å²) in [5.74, 6) is -1.75. The highest BCUT2D eigenvalue weighted by molar-refractivity contribution is 5.83. The number of alkyl halides is 3. The minimum atomic E-state index is -4.25. The first-order valence-electron chi connectivity index (χ1n) is 7.38. The van der Waals surface area contributed by atoms with E-state index < -0.39 is 23.6 Å². The molecule has 0 aromatic rings. The average molecular weight is 294 g/mol. The van der Waals surface area contributed by atoms with E-state index in [9.17, 15) is 18.0 Å². The van der Waals surface area contributed by atoms with Gasteiger partial charge in [-0.1, -0.05) is 26.7 Å². The highest BCUT2D eigenvalue weighted by Crippen LogP contribution is 2.38. The van der Waals surface area contributed by atoms with Gasteiger partial charge in [0.1, 0.15) is 0 Å². The molecule has 2 atom stereocenters. The number of carbonyl (C=O) groups excluding carboxylic acids is 1. The molecule has 6 heteroatoms. The Hall–Kier alpha value is -0.780. The van der Waals surface area contributed by atoms with E-state index in [0.29, 0.717) is 25.7 Å². The second-order valence-electron chi connectivity index (χ2n) is 5.70. The van der Waals surface area contributed by atoms with E-state index in [1.165, 1.54) is 0 Å². The summed E-state index contributed by atoms with van der Waals surface area (Å²) < 4.78 is 39.0. The molecule has 20 heavy (non-hydrogen) atoms. The molecule has 0 aromatic carbocycles. The highest BCUT2D eigenvalue weighted by Gasteiger charge is 2.47. The first-order valence-corrected chi connectivity index (χ1v) is 7.38. The third kappa shape index (κ3) is 3.65. The van der Waals surface area contributed by atoms with E-state index in [0.717, 1.165) is 6.42 Å². The van der Waals surface area contributed by atoms with Crippen molar-refractivity contribution in [1.82, 2.24) is 5.32 Å². The fourth-order valence-electron chi connectivity index (χ4n) is 2.97. The minimum absolute atomic E-state index is 0.0995. The van der Waals surface area contributed by atoms with Gasteiger partial charge in [0, 0.05) is 12.6 Å². The summed E-state index contributed by atoms with van der Waals surface area (Å²) in [5.41, 5.74) is 4.93. The maximum atomic E-state index is 13.0. The van der Waals surface area contributed by atoms with Gasteiger partial charge in [0.05, 0.1) is 11.3 Å². The van der Waals surface area contributed by atoms with E-state index in [1.54, 1.807) is 0 Å². The van der Waals surface area contributed by atoms with Crippen LogP contribution in [0.5, 0.6) is 0 Å². The molecule has 0 spiro atoms. The molecule has 0 bridgehead atoms. The lowest BCUT2D eigenvalue weighted by atomic mass is 9.79. The number of nitrogens with two attached hydrogens (primary N) is 1. The summed E-state index contributed by atoms with van der Waals surface area (Å²) in [6, 6.07) is -0.805. The summed E-state index contributed by atoms with van der Waals surface area (Å²) in [6.07, 6.45) is -1.38. The Morgan fingerprint density at radius 2 is 1.75 bits per heavy atom. The fourth-order valence-corrected chi connectivity index (χ4v) is 2.97. The molecule has 1 amide bonds. The quantitative estimate of drug-likeness (QED) is 0.819. The van der Waals surface area contributed by atoms with E-state index in [2.05, 4.69) is 5.32 Å². The van der Waals surface area contributed by atoms with Crippen LogP contribution >= 0.6 is 0 Å². The number of hydrogen-bond donors (Lipinski definition) is 2. The van der Waals surface area contributed by atoms with E-state index in [-0.39, 0.29) is 18.9 Å². The molecule has 0 heterocycles. The van der Waals surface area contributed by atoms with Crippen LogP contribution < -0.4 is 11.1 Å². The Morgan fingerprint density at radius 1 is 1.20 bits per heavy atom. The molecule has 3 N–H and O–H groups in total. The number of amides is 1. The second-order valence-corrected chi connectivity index (χ2v) is 5.70. The summed E-state index contributed by atoms with van der Waals surface area (Å²) in [6.45, 7) is 3.85. The molecule has 1 rings (SSSR count). The van der Waals surface area contributed by atoms with Gasteiger partial charge in [0.25, 0.3) is 0 Å². The maximum absolute atomic E-state index is 13.0. The van der Waals surface area contributed by atoms with Crippen molar-refractivity contribution in [2.45, 2.75) is 64.6 Å². The van der Waals surface area contributed by atoms with E-state index in [4.69, 9.17) is 5.73 Å². The van der Waals surface area contributed by atoms with Crippen LogP contribution in [-0.2, 0) is 4.79 Å². The molecule has 2 unspecified atom stereocenters. The number of hydrogen-bond acceptors (Lipinski definition) is 2. The molecule has 1 fully saturated rings. The first-order chi connectivity index (χ1) is 9.30. The average Bonchev–Trinajstić information content (AvgIpc) is 2.41. The SMILES string of the molecule is CCC(CC)(CN)C(=O)NC1CCCCC1C(F)(F)F. The predicted molar refractivity (Wildman–Crippen MR) is 72.0 cm³/mol. The number of nitrogens with one attached hydrogen (secondary N) is 1. The van der Waals surface area contributed by atoms with Crippen molar-refractivity contribution in [2.75, 3.05) is 6.54 Å². The van der Waals surface area contributed by atoms with Crippen molar-refractivity contribution in [3.8, 4) is 0 Å². The van der Waals surface area contributed by atoms with Crippen LogP contribution in [0.15, 0.2) is 0 Å². The van der Waals surface area contributed by atoms with Crippen molar-refractivity contribution < 1.29 is 18.0 Å². The van der Waals surface area contributed by atoms with Crippen molar-refractivity contribution in [1.29, 1.82) is 0 Å². The minimum Gasteiger partial charge on any atom is -0.352 e. The van der Waals surface area contributed by atoms with Gasteiger partial charge in [-0.05, 0) is 25.7 Å². The molecular weight excluding hydrogens is 269 g/mol. The second kappa shape index (κ2) is 6.78. The molecule has 1 saturated carbocycles. The monoisotopic (exact) mass is 294 g/mol. The largest absolute Gasteiger partial charge is 0.393 e. The summed E-state index contributed by atoms with van der Waals surface area (Å²) >= 11 is 0. The molecule has 0 saturated heterocycles. The summed E-state index contributed by atoms with van der Waals surface area (Å²) in [4.78, 5) is 12.3. The Labute approximate surface area is 118 Å². The van der Waals surface area contributed by atoms with Gasteiger partial charge in [-0.25, -0.2) is 0 Å². The third-order valence-electron chi connectivity index (χ3n) is 4.73. The zero-order valence-corrected chi connectivity index (χ0v) is 12.2. The van der Waals surface area contributed by atoms with E-state index >= 15 is 0 Å². The number of carbonyl (C=O) groups is 1. The topological polar surface area (TPSA) is 55.1 Å². The van der Waals surface area contributed by atoms with Crippen LogP contribution in [0.4, 0.5) is 13.2 Å². The van der Waals surface area contributed by atoms with Gasteiger partial charge in [-0.3, -0.25) is 4.79 Å². The predicted octanol–water partition coefficient (Wildman–Crippen LogP) is 2.99. The van der Waals surface area contributed by atoms with Gasteiger partial charge in [-0.2, -0.15) is 13.2 Å². The Balaban J connectivity index is 2.81. The molecule has 1 aliphatic rings. The highest BCUT2D eigenvalue weighted by atomic mass is 19.4. The molecule has 0 radical (unpaired) electrons. The third-order valence-corrected chi connectivity index (χ3v) is 4.73. The number of rotatable bonds is 5. The summed E-state index contributed by atoms with van der Waals surface area (Å²) in [5, 5.41) is 2.63. The molecule has 0 aliphatic heterocycles. The summed E-state index contributed by atoms with van der Waals surface area (Å²) in [7, 11) is 0. The van der Waals surface area contributed by atoms with Crippen molar-refractivity contribution in [3.05, 3.63) is 0 Å². The fraction of sp³-hybridized carbons (Fsp3) is 0.929. The van der Waals surface area contributed by atoms with Gasteiger partial charge < -0.3 is 11.1 Å². The van der Waals surface area contributed by atoms with Crippen LogP contribution in [0, 0.1) is 11.3 Å². The van der Waals surface area contributed by atoms with Gasteiger partial charge in [0.2, 0.25) is 5.91 Å². The van der Waals surface area contributed by atoms with Gasteiger partial charge in [0.15, 0.2) is 0 Å². The van der Waals surface area contributed by atoms with Crippen LogP contribution in [0.1, 0.15) is 52.4 Å². The van der Waals surface area contributed by atoms with Crippen LogP contribution in [0.25, 0.3) is 0 Å². The first kappa shape index (κ1) is 17.3. The normalized spacial score (nSPS) is 24.5. The maximum Gasteiger partial charge on any atom is 0.393 e. The van der Waals surface area contributed by atoms with Crippen LogP contribution in [0.3, 0.4) is 0 Å². The van der Waals surface area contributed by atoms with E-state index in [1.807, 2.05) is 13.8 Å². The Kier molecular flexibility index (Phi) is 5.86. The molecule has 3 nitrogen and oxygen atoms in total. The molecule has 0 aromatic heterocycles. The smallest absolute Gasteiger partial charge is 0.352 e.